The maximum absolute atomic E-state index is 12.8. The van der Waals surface area contributed by atoms with Gasteiger partial charge in [0.05, 0.1) is 19.6 Å². The van der Waals surface area contributed by atoms with Crippen molar-refractivity contribution < 1.29 is 27.5 Å². The Balaban J connectivity index is 1.86. The molecule has 1 saturated heterocycles. The molecule has 1 aliphatic rings. The molecule has 8 heteroatoms. The Morgan fingerprint density at radius 2 is 1.96 bits per heavy atom. The highest BCUT2D eigenvalue weighted by Crippen LogP contribution is 2.33. The first-order valence-electron chi connectivity index (χ1n) is 7.58. The average Bonchev–Trinajstić information content (AvgIpc) is 2.58. The van der Waals surface area contributed by atoms with Gasteiger partial charge in [0.2, 0.25) is 5.91 Å². The number of nitrogens with one attached hydrogen (secondary N) is 1. The first-order chi connectivity index (χ1) is 11.3. The predicted molar refractivity (Wildman–Crippen MR) is 80.7 cm³/mol. The fraction of sp³-hybridized carbons (Fsp3) is 0.500. The van der Waals surface area contributed by atoms with Crippen LogP contribution < -0.4 is 10.1 Å². The summed E-state index contributed by atoms with van der Waals surface area (Å²) >= 11 is 0. The summed E-state index contributed by atoms with van der Waals surface area (Å²) in [6, 6.07) is 6.29. The molecular formula is C16H19F3N2O3. The summed E-state index contributed by atoms with van der Waals surface area (Å²) in [5.74, 6) is -1.87. The second-order valence-corrected chi connectivity index (χ2v) is 5.63. The second-order valence-electron chi connectivity index (χ2n) is 5.63. The van der Waals surface area contributed by atoms with Crippen LogP contribution in [-0.4, -0.2) is 49.6 Å². The number of rotatable bonds is 4. The molecule has 1 N–H and O–H groups in total. The first-order valence-corrected chi connectivity index (χ1v) is 7.58. The van der Waals surface area contributed by atoms with E-state index < -0.39 is 23.9 Å². The minimum Gasteiger partial charge on any atom is -0.497 e. The van der Waals surface area contributed by atoms with Crippen LogP contribution in [0.4, 0.5) is 13.2 Å². The highest BCUT2D eigenvalue weighted by molar-refractivity contribution is 5.96. The Labute approximate surface area is 137 Å². The largest absolute Gasteiger partial charge is 0.497 e. The average molecular weight is 344 g/mol. The molecule has 1 aromatic rings. The van der Waals surface area contributed by atoms with Crippen molar-refractivity contribution in [1.29, 1.82) is 0 Å². The number of benzene rings is 1. The number of alkyl halides is 3. The van der Waals surface area contributed by atoms with Crippen LogP contribution >= 0.6 is 0 Å². The van der Waals surface area contributed by atoms with Crippen LogP contribution in [0.1, 0.15) is 23.2 Å². The molecule has 1 atom stereocenters. The summed E-state index contributed by atoms with van der Waals surface area (Å²) in [4.78, 5) is 25.1. The maximum Gasteiger partial charge on any atom is 0.393 e. The van der Waals surface area contributed by atoms with E-state index in [0.717, 1.165) is 4.90 Å². The highest BCUT2D eigenvalue weighted by atomic mass is 19.4. The van der Waals surface area contributed by atoms with Gasteiger partial charge in [-0.05, 0) is 37.1 Å². The quantitative estimate of drug-likeness (QED) is 0.911. The van der Waals surface area contributed by atoms with Crippen LogP contribution in [0.3, 0.4) is 0 Å². The predicted octanol–water partition coefficient (Wildman–Crippen LogP) is 2.23. The molecule has 0 aromatic heterocycles. The SMILES string of the molecule is COc1ccc(C(=O)NCC(=O)N2CCC[C@H](C(F)(F)F)C2)cc1. The van der Waals surface area contributed by atoms with Gasteiger partial charge in [-0.1, -0.05) is 0 Å². The van der Waals surface area contributed by atoms with Crippen molar-refractivity contribution >= 4 is 11.8 Å². The molecule has 0 spiro atoms. The van der Waals surface area contributed by atoms with E-state index in [2.05, 4.69) is 5.32 Å². The van der Waals surface area contributed by atoms with Gasteiger partial charge in [0.15, 0.2) is 0 Å². The number of ether oxygens (including phenoxy) is 1. The van der Waals surface area contributed by atoms with Gasteiger partial charge in [0.25, 0.3) is 5.91 Å². The number of piperidine rings is 1. The molecule has 0 bridgehead atoms. The molecule has 2 rings (SSSR count). The number of methoxy groups -OCH3 is 1. The molecule has 0 aliphatic carbocycles. The molecule has 1 aliphatic heterocycles. The highest BCUT2D eigenvalue weighted by Gasteiger charge is 2.42. The zero-order chi connectivity index (χ0) is 17.7. The van der Waals surface area contributed by atoms with Gasteiger partial charge in [0, 0.05) is 18.7 Å². The molecule has 24 heavy (non-hydrogen) atoms. The summed E-state index contributed by atoms with van der Waals surface area (Å²) < 4.78 is 43.3. The number of nitrogens with zero attached hydrogens (tertiary/aromatic N) is 1. The molecule has 132 valence electrons. The Morgan fingerprint density at radius 3 is 2.54 bits per heavy atom. The summed E-state index contributed by atoms with van der Waals surface area (Å²) in [5, 5.41) is 2.43. The standard InChI is InChI=1S/C16H19F3N2O3/c1-24-13-6-4-11(5-7-13)15(23)20-9-14(22)21-8-2-3-12(10-21)16(17,18)19/h4-7,12H,2-3,8-10H2,1H3,(H,20,23)/t12-/m0/s1. The van der Waals surface area contributed by atoms with Crippen molar-refractivity contribution in [1.82, 2.24) is 10.2 Å². The molecule has 1 aromatic carbocycles. The van der Waals surface area contributed by atoms with Gasteiger partial charge in [-0.15, -0.1) is 0 Å². The Morgan fingerprint density at radius 1 is 1.29 bits per heavy atom. The second kappa shape index (κ2) is 7.55. The van der Waals surface area contributed by atoms with Gasteiger partial charge in [-0.2, -0.15) is 13.2 Å². The topological polar surface area (TPSA) is 58.6 Å². The molecule has 0 radical (unpaired) electrons. The maximum atomic E-state index is 12.8. The van der Waals surface area contributed by atoms with Crippen LogP contribution in [0, 0.1) is 5.92 Å². The Hall–Kier alpha value is -2.25. The van der Waals surface area contributed by atoms with Crippen molar-refractivity contribution in [2.45, 2.75) is 19.0 Å². The van der Waals surface area contributed by atoms with Gasteiger partial charge >= 0.3 is 6.18 Å². The van der Waals surface area contributed by atoms with E-state index in [1.165, 1.54) is 7.11 Å². The van der Waals surface area contributed by atoms with E-state index in [1.807, 2.05) is 0 Å². The third kappa shape index (κ3) is 4.62. The number of carbonyl (C=O) groups is 2. The Bertz CT molecular complexity index is 587. The van der Waals surface area contributed by atoms with Crippen LogP contribution in [0.2, 0.25) is 0 Å². The molecule has 0 saturated carbocycles. The number of amides is 2. The van der Waals surface area contributed by atoms with E-state index in [4.69, 9.17) is 4.74 Å². The molecule has 2 amide bonds. The Kier molecular flexibility index (Phi) is 5.69. The third-order valence-electron chi connectivity index (χ3n) is 3.99. The van der Waals surface area contributed by atoms with Crippen molar-refractivity contribution in [3.05, 3.63) is 29.8 Å². The van der Waals surface area contributed by atoms with Gasteiger partial charge in [-0.3, -0.25) is 9.59 Å². The molecule has 5 nitrogen and oxygen atoms in total. The van der Waals surface area contributed by atoms with Crippen LogP contribution in [0.15, 0.2) is 24.3 Å². The number of carbonyl (C=O) groups excluding carboxylic acids is 2. The smallest absolute Gasteiger partial charge is 0.393 e. The third-order valence-corrected chi connectivity index (χ3v) is 3.99. The van der Waals surface area contributed by atoms with Crippen molar-refractivity contribution in [3.8, 4) is 5.75 Å². The lowest BCUT2D eigenvalue weighted by Crippen LogP contribution is -2.48. The van der Waals surface area contributed by atoms with E-state index >= 15 is 0 Å². The summed E-state index contributed by atoms with van der Waals surface area (Å²) in [5.41, 5.74) is 0.343. The van der Waals surface area contributed by atoms with Crippen molar-refractivity contribution in [2.24, 2.45) is 5.92 Å². The van der Waals surface area contributed by atoms with Crippen LogP contribution in [0.5, 0.6) is 5.75 Å². The fourth-order valence-corrected chi connectivity index (χ4v) is 2.58. The molecule has 1 fully saturated rings. The summed E-state index contributed by atoms with van der Waals surface area (Å²) in [6.07, 6.45) is -3.96. The van der Waals surface area contributed by atoms with Gasteiger partial charge < -0.3 is 15.0 Å². The van der Waals surface area contributed by atoms with Crippen molar-refractivity contribution in [2.75, 3.05) is 26.7 Å². The van der Waals surface area contributed by atoms with E-state index in [9.17, 15) is 22.8 Å². The number of hydrogen-bond donors (Lipinski definition) is 1. The minimum atomic E-state index is -4.30. The zero-order valence-corrected chi connectivity index (χ0v) is 13.2. The lowest BCUT2D eigenvalue weighted by Gasteiger charge is -2.33. The van der Waals surface area contributed by atoms with E-state index in [1.54, 1.807) is 24.3 Å². The molecule has 0 unspecified atom stereocenters. The van der Waals surface area contributed by atoms with Gasteiger partial charge in [-0.25, -0.2) is 0 Å². The summed E-state index contributed by atoms with van der Waals surface area (Å²) in [7, 11) is 1.50. The fourth-order valence-electron chi connectivity index (χ4n) is 2.58. The van der Waals surface area contributed by atoms with Crippen LogP contribution in [-0.2, 0) is 4.79 Å². The molecule has 1 heterocycles. The van der Waals surface area contributed by atoms with Gasteiger partial charge in [0.1, 0.15) is 5.75 Å². The normalized spacial score (nSPS) is 18.2. The van der Waals surface area contributed by atoms with E-state index in [-0.39, 0.29) is 26.1 Å². The number of halogens is 3. The number of likely N-dealkylation sites (tertiary alicyclic amines) is 1. The lowest BCUT2D eigenvalue weighted by atomic mass is 9.97. The lowest BCUT2D eigenvalue weighted by molar-refractivity contribution is -0.187. The number of hydrogen-bond acceptors (Lipinski definition) is 3. The monoisotopic (exact) mass is 344 g/mol. The van der Waals surface area contributed by atoms with Crippen LogP contribution in [0.25, 0.3) is 0 Å². The minimum absolute atomic E-state index is 0.0332. The van der Waals surface area contributed by atoms with Crippen molar-refractivity contribution in [3.63, 3.8) is 0 Å². The zero-order valence-electron chi connectivity index (χ0n) is 13.2. The van der Waals surface area contributed by atoms with E-state index in [0.29, 0.717) is 17.7 Å². The summed E-state index contributed by atoms with van der Waals surface area (Å²) in [6.45, 7) is -0.389. The molecular weight excluding hydrogens is 325 g/mol. The first kappa shape index (κ1) is 18.1.